The number of hydrogen-bond donors (Lipinski definition) is 0. The highest BCUT2D eigenvalue weighted by atomic mass is 16.5. The topological polar surface area (TPSA) is 27.7 Å². The lowest BCUT2D eigenvalue weighted by atomic mass is 9.69. The first-order valence-electron chi connectivity index (χ1n) is 8.26. The van der Waals surface area contributed by atoms with Crippen LogP contribution in [-0.2, 0) is 14.2 Å². The van der Waals surface area contributed by atoms with Crippen LogP contribution in [0.5, 0.6) is 0 Å². The lowest BCUT2D eigenvalue weighted by molar-refractivity contribution is -0.158. The number of ether oxygens (including phenoxy) is 3. The molecular formula is C17H32O3. The van der Waals surface area contributed by atoms with Gasteiger partial charge < -0.3 is 14.2 Å². The number of hydrogen-bond acceptors (Lipinski definition) is 3. The molecule has 118 valence electrons. The molecule has 2 aliphatic carbocycles. The van der Waals surface area contributed by atoms with Gasteiger partial charge in [-0.25, -0.2) is 0 Å². The van der Waals surface area contributed by atoms with E-state index in [1.165, 1.54) is 51.4 Å². The Balaban J connectivity index is 2.03. The molecule has 0 spiro atoms. The van der Waals surface area contributed by atoms with Crippen LogP contribution in [0.25, 0.3) is 0 Å². The van der Waals surface area contributed by atoms with Crippen LogP contribution in [0.15, 0.2) is 0 Å². The molecule has 0 atom stereocenters. The predicted molar refractivity (Wildman–Crippen MR) is 81.0 cm³/mol. The average molecular weight is 284 g/mol. The van der Waals surface area contributed by atoms with Crippen molar-refractivity contribution in [3.05, 3.63) is 0 Å². The van der Waals surface area contributed by atoms with Gasteiger partial charge in [-0.15, -0.1) is 0 Å². The summed E-state index contributed by atoms with van der Waals surface area (Å²) in [6.07, 6.45) is 10.4. The molecule has 0 aromatic carbocycles. The Bertz CT molecular complexity index is 274. The van der Waals surface area contributed by atoms with Crippen molar-refractivity contribution >= 4 is 0 Å². The molecular weight excluding hydrogens is 252 g/mol. The van der Waals surface area contributed by atoms with Crippen LogP contribution in [-0.4, -0.2) is 39.6 Å². The molecule has 3 heteroatoms. The van der Waals surface area contributed by atoms with Crippen molar-refractivity contribution in [3.63, 3.8) is 0 Å². The summed E-state index contributed by atoms with van der Waals surface area (Å²) < 4.78 is 17.5. The van der Waals surface area contributed by atoms with Crippen molar-refractivity contribution in [2.45, 2.75) is 63.9 Å². The average Bonchev–Trinajstić information content (AvgIpc) is 2.44. The first-order valence-corrected chi connectivity index (χ1v) is 8.26. The van der Waals surface area contributed by atoms with E-state index in [1.807, 2.05) is 0 Å². The van der Waals surface area contributed by atoms with Crippen LogP contribution in [0.4, 0.5) is 0 Å². The summed E-state index contributed by atoms with van der Waals surface area (Å²) in [4.78, 5) is 0. The quantitative estimate of drug-likeness (QED) is 0.678. The van der Waals surface area contributed by atoms with Gasteiger partial charge in [0.2, 0.25) is 0 Å². The van der Waals surface area contributed by atoms with Crippen LogP contribution >= 0.6 is 0 Å². The summed E-state index contributed by atoms with van der Waals surface area (Å²) in [5.74, 6) is 0.680. The predicted octanol–water partition coefficient (Wildman–Crippen LogP) is 3.81. The van der Waals surface area contributed by atoms with Crippen LogP contribution in [0, 0.1) is 11.3 Å². The van der Waals surface area contributed by atoms with Gasteiger partial charge in [0, 0.05) is 19.6 Å². The molecule has 3 nitrogen and oxygen atoms in total. The molecule has 0 N–H and O–H groups in total. The highest BCUT2D eigenvalue weighted by Gasteiger charge is 2.43. The van der Waals surface area contributed by atoms with E-state index in [0.29, 0.717) is 5.92 Å². The van der Waals surface area contributed by atoms with Gasteiger partial charge in [-0.05, 0) is 44.9 Å². The van der Waals surface area contributed by atoms with Crippen LogP contribution in [0.3, 0.4) is 0 Å². The van der Waals surface area contributed by atoms with E-state index in [-0.39, 0.29) is 11.0 Å². The molecule has 2 rings (SSSR count). The van der Waals surface area contributed by atoms with Gasteiger partial charge in [-0.1, -0.05) is 19.3 Å². The Morgan fingerprint density at radius 3 is 1.95 bits per heavy atom. The summed E-state index contributed by atoms with van der Waals surface area (Å²) in [6.45, 7) is 4.54. The van der Waals surface area contributed by atoms with E-state index in [9.17, 15) is 0 Å². The first-order chi connectivity index (χ1) is 9.64. The molecule has 0 unspecified atom stereocenters. The van der Waals surface area contributed by atoms with Gasteiger partial charge in [0.25, 0.3) is 0 Å². The van der Waals surface area contributed by atoms with Crippen LogP contribution < -0.4 is 0 Å². The summed E-state index contributed by atoms with van der Waals surface area (Å²) in [6, 6.07) is 0. The molecule has 0 amide bonds. The maximum Gasteiger partial charge on any atom is 0.0654 e. The Labute approximate surface area is 124 Å². The first kappa shape index (κ1) is 16.3. The van der Waals surface area contributed by atoms with Gasteiger partial charge in [-0.3, -0.25) is 0 Å². The second-order valence-corrected chi connectivity index (χ2v) is 7.16. The second-order valence-electron chi connectivity index (χ2n) is 7.16. The Morgan fingerprint density at radius 1 is 0.900 bits per heavy atom. The Kier molecular flexibility index (Phi) is 5.88. The van der Waals surface area contributed by atoms with Crippen LogP contribution in [0.1, 0.15) is 58.3 Å². The van der Waals surface area contributed by atoms with Gasteiger partial charge in [0.15, 0.2) is 0 Å². The van der Waals surface area contributed by atoms with Crippen LogP contribution in [0.2, 0.25) is 0 Å². The molecule has 0 aromatic heterocycles. The van der Waals surface area contributed by atoms with Crippen molar-refractivity contribution in [2.24, 2.45) is 11.3 Å². The maximum atomic E-state index is 6.33. The van der Waals surface area contributed by atoms with E-state index in [0.717, 1.165) is 19.8 Å². The number of methoxy groups -OCH3 is 2. The fourth-order valence-corrected chi connectivity index (χ4v) is 3.91. The van der Waals surface area contributed by atoms with Gasteiger partial charge in [0.05, 0.1) is 25.4 Å². The van der Waals surface area contributed by atoms with Crippen molar-refractivity contribution in [1.82, 2.24) is 0 Å². The van der Waals surface area contributed by atoms with Crippen molar-refractivity contribution in [3.8, 4) is 0 Å². The van der Waals surface area contributed by atoms with Gasteiger partial charge >= 0.3 is 0 Å². The molecule has 0 aromatic rings. The third kappa shape index (κ3) is 3.75. The van der Waals surface area contributed by atoms with Gasteiger partial charge in [0.1, 0.15) is 0 Å². The van der Waals surface area contributed by atoms with E-state index < -0.39 is 0 Å². The Morgan fingerprint density at radius 2 is 1.50 bits per heavy atom. The molecule has 0 aliphatic heterocycles. The van der Waals surface area contributed by atoms with E-state index in [2.05, 4.69) is 6.92 Å². The maximum absolute atomic E-state index is 6.33. The highest BCUT2D eigenvalue weighted by Crippen LogP contribution is 2.42. The lowest BCUT2D eigenvalue weighted by Gasteiger charge is -2.46. The van der Waals surface area contributed by atoms with E-state index in [1.54, 1.807) is 14.2 Å². The molecule has 0 saturated heterocycles. The van der Waals surface area contributed by atoms with E-state index >= 15 is 0 Å². The third-order valence-electron chi connectivity index (χ3n) is 5.45. The Hall–Kier alpha value is -0.120. The van der Waals surface area contributed by atoms with E-state index in [4.69, 9.17) is 14.2 Å². The summed E-state index contributed by atoms with van der Waals surface area (Å²) in [5.41, 5.74) is 0.157. The minimum atomic E-state index is 0.0442. The number of rotatable bonds is 8. The molecule has 0 radical (unpaired) electrons. The fraction of sp³-hybridized carbons (Fsp3) is 1.00. The molecule has 20 heavy (non-hydrogen) atoms. The second kappa shape index (κ2) is 7.24. The molecule has 2 saturated carbocycles. The zero-order valence-corrected chi connectivity index (χ0v) is 13.6. The molecule has 0 bridgehead atoms. The largest absolute Gasteiger partial charge is 0.384 e. The normalized spacial score (nSPS) is 23.6. The minimum absolute atomic E-state index is 0.0442. The lowest BCUT2D eigenvalue weighted by Crippen LogP contribution is -2.48. The zero-order valence-electron chi connectivity index (χ0n) is 13.6. The monoisotopic (exact) mass is 284 g/mol. The molecule has 2 aliphatic rings. The molecule has 0 heterocycles. The van der Waals surface area contributed by atoms with Crippen molar-refractivity contribution < 1.29 is 14.2 Å². The van der Waals surface area contributed by atoms with Gasteiger partial charge in [-0.2, -0.15) is 0 Å². The summed E-state index contributed by atoms with van der Waals surface area (Å²) >= 11 is 0. The summed E-state index contributed by atoms with van der Waals surface area (Å²) in [5, 5.41) is 0. The smallest absolute Gasteiger partial charge is 0.0654 e. The SMILES string of the molecule is COCC(COC)(COC1(C)CCC1)C1CCCCC1. The standard InChI is InChI=1S/C17H32O3/c1-16(10-7-11-16)20-14-17(12-18-2,13-19-3)15-8-5-4-6-9-15/h15H,4-14H2,1-3H3. The minimum Gasteiger partial charge on any atom is -0.384 e. The van der Waals surface area contributed by atoms with Crippen molar-refractivity contribution in [1.29, 1.82) is 0 Å². The third-order valence-corrected chi connectivity index (χ3v) is 5.45. The summed E-state index contributed by atoms with van der Waals surface area (Å²) in [7, 11) is 3.61. The molecule has 2 fully saturated rings. The zero-order chi connectivity index (χ0) is 14.5. The highest BCUT2D eigenvalue weighted by molar-refractivity contribution is 4.91. The fourth-order valence-electron chi connectivity index (χ4n) is 3.91. The van der Waals surface area contributed by atoms with Crippen molar-refractivity contribution in [2.75, 3.05) is 34.0 Å².